The third kappa shape index (κ3) is 2.51. The van der Waals surface area contributed by atoms with Crippen molar-refractivity contribution in [3.8, 4) is 0 Å². The molecule has 0 saturated carbocycles. The van der Waals surface area contributed by atoms with Crippen molar-refractivity contribution >= 4 is 41.9 Å². The van der Waals surface area contributed by atoms with Crippen LogP contribution in [-0.4, -0.2) is 38.9 Å². The molecule has 0 aliphatic carbocycles. The number of rotatable bonds is 3. The van der Waals surface area contributed by atoms with Crippen molar-refractivity contribution in [2.24, 2.45) is 0 Å². The Kier molecular flexibility index (Phi) is 4.18. The minimum absolute atomic E-state index is 0.0435. The summed E-state index contributed by atoms with van der Waals surface area (Å²) in [6.07, 6.45) is 0. The van der Waals surface area contributed by atoms with Crippen molar-refractivity contribution in [2.45, 2.75) is 17.9 Å². The molecule has 0 bridgehead atoms. The van der Waals surface area contributed by atoms with E-state index in [1.807, 2.05) is 13.0 Å². The van der Waals surface area contributed by atoms with E-state index in [-0.39, 0.29) is 6.04 Å². The van der Waals surface area contributed by atoms with Gasteiger partial charge < -0.3 is 5.32 Å². The van der Waals surface area contributed by atoms with Crippen LogP contribution in [0.2, 0.25) is 0 Å². The van der Waals surface area contributed by atoms with Crippen LogP contribution >= 0.6 is 31.9 Å². The maximum absolute atomic E-state index is 12.5. The zero-order valence-corrected chi connectivity index (χ0v) is 14.1. The van der Waals surface area contributed by atoms with Crippen LogP contribution in [0.25, 0.3) is 0 Å². The van der Waals surface area contributed by atoms with Crippen molar-refractivity contribution in [3.05, 3.63) is 26.6 Å². The number of nitrogens with one attached hydrogen (secondary N) is 1. The van der Waals surface area contributed by atoms with E-state index in [4.69, 9.17) is 0 Å². The van der Waals surface area contributed by atoms with Crippen LogP contribution in [0.15, 0.2) is 26.0 Å². The summed E-state index contributed by atoms with van der Waals surface area (Å²) in [5.41, 5.74) is 0.994. The molecule has 0 atom stereocenters. The number of sulfonamides is 1. The second-order valence-electron chi connectivity index (χ2n) is 4.37. The predicted molar refractivity (Wildman–Crippen MR) is 78.2 cm³/mol. The molecule has 7 heteroatoms. The average Bonchev–Trinajstić information content (AvgIpc) is 2.20. The van der Waals surface area contributed by atoms with Gasteiger partial charge in [-0.3, -0.25) is 0 Å². The topological polar surface area (TPSA) is 49.4 Å². The van der Waals surface area contributed by atoms with Gasteiger partial charge in [0.15, 0.2) is 0 Å². The first-order valence-electron chi connectivity index (χ1n) is 5.48. The standard InChI is InChI=1S/C11H14Br2N2O2S/c1-7-3-10(13)11(4-9(7)12)18(16,17)15(2)8-5-14-6-8/h3-4,8,14H,5-6H2,1-2H3. The number of benzene rings is 1. The minimum Gasteiger partial charge on any atom is -0.313 e. The Morgan fingerprint density at radius 1 is 1.28 bits per heavy atom. The molecule has 2 rings (SSSR count). The van der Waals surface area contributed by atoms with Crippen LogP contribution in [0.5, 0.6) is 0 Å². The molecule has 100 valence electrons. The van der Waals surface area contributed by atoms with Crippen LogP contribution in [0.1, 0.15) is 5.56 Å². The molecule has 1 aliphatic heterocycles. The molecule has 1 N–H and O–H groups in total. The van der Waals surface area contributed by atoms with Crippen LogP contribution in [0.3, 0.4) is 0 Å². The third-order valence-corrected chi connectivity index (χ3v) is 6.87. The summed E-state index contributed by atoms with van der Waals surface area (Å²) in [5.74, 6) is 0. The lowest BCUT2D eigenvalue weighted by Crippen LogP contribution is -2.57. The molecule has 1 aromatic carbocycles. The summed E-state index contributed by atoms with van der Waals surface area (Å²) in [6.45, 7) is 3.34. The highest BCUT2D eigenvalue weighted by Gasteiger charge is 2.33. The molecule has 1 heterocycles. The van der Waals surface area contributed by atoms with E-state index in [1.54, 1.807) is 13.1 Å². The van der Waals surface area contributed by atoms with Crippen LogP contribution in [-0.2, 0) is 10.0 Å². The zero-order valence-electron chi connectivity index (χ0n) is 10.1. The summed E-state index contributed by atoms with van der Waals surface area (Å²) in [4.78, 5) is 0.300. The summed E-state index contributed by atoms with van der Waals surface area (Å²) in [5, 5.41) is 3.07. The SMILES string of the molecule is Cc1cc(Br)c(S(=O)(=O)N(C)C2CNC2)cc1Br. The first-order valence-corrected chi connectivity index (χ1v) is 8.51. The second-order valence-corrected chi connectivity index (χ2v) is 8.04. The van der Waals surface area contributed by atoms with Crippen molar-refractivity contribution in [1.82, 2.24) is 9.62 Å². The number of hydrogen-bond acceptors (Lipinski definition) is 3. The largest absolute Gasteiger partial charge is 0.313 e. The summed E-state index contributed by atoms with van der Waals surface area (Å²) >= 11 is 6.71. The van der Waals surface area contributed by atoms with Crippen molar-refractivity contribution in [3.63, 3.8) is 0 Å². The lowest BCUT2D eigenvalue weighted by Gasteiger charge is -2.34. The molecule has 4 nitrogen and oxygen atoms in total. The molecule has 1 fully saturated rings. The fraction of sp³-hybridized carbons (Fsp3) is 0.455. The number of nitrogens with zero attached hydrogens (tertiary/aromatic N) is 1. The Hall–Kier alpha value is 0.0500. The fourth-order valence-corrected chi connectivity index (χ4v) is 4.70. The number of hydrogen-bond donors (Lipinski definition) is 1. The number of aryl methyl sites for hydroxylation is 1. The Labute approximate surface area is 124 Å². The van der Waals surface area contributed by atoms with E-state index < -0.39 is 10.0 Å². The maximum atomic E-state index is 12.5. The Morgan fingerprint density at radius 3 is 2.39 bits per heavy atom. The van der Waals surface area contributed by atoms with Gasteiger partial charge in [0.25, 0.3) is 0 Å². The average molecular weight is 398 g/mol. The Balaban J connectivity index is 2.43. The molecule has 0 amide bonds. The summed E-state index contributed by atoms with van der Waals surface area (Å²) < 4.78 is 27.8. The smallest absolute Gasteiger partial charge is 0.244 e. The highest BCUT2D eigenvalue weighted by atomic mass is 79.9. The molecule has 1 aromatic rings. The van der Waals surface area contributed by atoms with E-state index in [9.17, 15) is 8.42 Å². The van der Waals surface area contributed by atoms with Gasteiger partial charge in [-0.15, -0.1) is 0 Å². The first-order chi connectivity index (χ1) is 8.34. The van der Waals surface area contributed by atoms with Gasteiger partial charge in [0.1, 0.15) is 0 Å². The molecule has 1 aliphatic rings. The van der Waals surface area contributed by atoms with Gasteiger partial charge in [-0.05, 0) is 40.5 Å². The van der Waals surface area contributed by atoms with Gasteiger partial charge in [-0.2, -0.15) is 4.31 Å². The molecule has 1 saturated heterocycles. The van der Waals surface area contributed by atoms with Crippen LogP contribution in [0, 0.1) is 6.92 Å². The Morgan fingerprint density at radius 2 is 1.89 bits per heavy atom. The Bertz CT molecular complexity index is 571. The van der Waals surface area contributed by atoms with Gasteiger partial charge >= 0.3 is 0 Å². The lowest BCUT2D eigenvalue weighted by molar-refractivity contribution is 0.274. The van der Waals surface area contributed by atoms with E-state index in [0.29, 0.717) is 22.5 Å². The van der Waals surface area contributed by atoms with Crippen LogP contribution < -0.4 is 5.32 Å². The molecule has 18 heavy (non-hydrogen) atoms. The molecule has 0 unspecified atom stereocenters. The lowest BCUT2D eigenvalue weighted by atomic mass is 10.2. The summed E-state index contributed by atoms with van der Waals surface area (Å²) in [7, 11) is -1.83. The van der Waals surface area contributed by atoms with Gasteiger partial charge in [0, 0.05) is 35.1 Å². The van der Waals surface area contributed by atoms with Gasteiger partial charge in [0.2, 0.25) is 10.0 Å². The minimum atomic E-state index is -3.45. The molecular formula is C11H14Br2N2O2S. The van der Waals surface area contributed by atoms with E-state index in [1.165, 1.54) is 4.31 Å². The number of likely N-dealkylation sites (N-methyl/N-ethyl adjacent to an activating group) is 1. The second kappa shape index (κ2) is 5.20. The highest BCUT2D eigenvalue weighted by molar-refractivity contribution is 9.11. The van der Waals surface area contributed by atoms with E-state index in [0.717, 1.165) is 10.0 Å². The van der Waals surface area contributed by atoms with Gasteiger partial charge in [-0.25, -0.2) is 8.42 Å². The first kappa shape index (κ1) is 14.5. The molecular weight excluding hydrogens is 384 g/mol. The van der Waals surface area contributed by atoms with E-state index in [2.05, 4.69) is 37.2 Å². The number of halogens is 2. The van der Waals surface area contributed by atoms with Gasteiger partial charge in [-0.1, -0.05) is 15.9 Å². The fourth-order valence-electron chi connectivity index (χ4n) is 1.71. The van der Waals surface area contributed by atoms with Crippen molar-refractivity contribution in [2.75, 3.05) is 20.1 Å². The molecule has 0 aromatic heterocycles. The van der Waals surface area contributed by atoms with Gasteiger partial charge in [0.05, 0.1) is 4.90 Å². The quantitative estimate of drug-likeness (QED) is 0.849. The summed E-state index contributed by atoms with van der Waals surface area (Å²) in [6, 6.07) is 3.50. The highest BCUT2D eigenvalue weighted by Crippen LogP contribution is 2.31. The normalized spacial score (nSPS) is 16.9. The third-order valence-electron chi connectivity index (χ3n) is 3.14. The van der Waals surface area contributed by atoms with Crippen LogP contribution in [0.4, 0.5) is 0 Å². The van der Waals surface area contributed by atoms with Crippen molar-refractivity contribution in [1.29, 1.82) is 0 Å². The maximum Gasteiger partial charge on any atom is 0.244 e. The van der Waals surface area contributed by atoms with Crippen molar-refractivity contribution < 1.29 is 8.42 Å². The monoisotopic (exact) mass is 396 g/mol. The molecule has 0 radical (unpaired) electrons. The van der Waals surface area contributed by atoms with E-state index >= 15 is 0 Å². The predicted octanol–water partition coefficient (Wildman–Crippen LogP) is 2.11. The zero-order chi connectivity index (χ0) is 13.5. The molecule has 0 spiro atoms.